The van der Waals surface area contributed by atoms with Crippen LogP contribution in [-0.2, 0) is 17.7 Å². The first-order valence-electron chi connectivity index (χ1n) is 5.31. The largest absolute Gasteiger partial charge is 0.381 e. The van der Waals surface area contributed by atoms with Crippen LogP contribution in [0.3, 0.4) is 0 Å². The van der Waals surface area contributed by atoms with Gasteiger partial charge in [0.1, 0.15) is 0 Å². The van der Waals surface area contributed by atoms with Crippen molar-refractivity contribution >= 4 is 0 Å². The molecule has 0 radical (unpaired) electrons. The number of hydrogen-bond donors (Lipinski definition) is 1. The molecular weight excluding hydrogens is 194 g/mol. The molecule has 1 aromatic heterocycles. The number of ether oxygens (including phenoxy) is 1. The third-order valence-corrected chi connectivity index (χ3v) is 2.09. The van der Waals surface area contributed by atoms with E-state index in [1.807, 2.05) is 6.92 Å². The van der Waals surface area contributed by atoms with Crippen LogP contribution in [0.15, 0.2) is 4.52 Å². The molecule has 0 bridgehead atoms. The van der Waals surface area contributed by atoms with Crippen molar-refractivity contribution < 1.29 is 9.26 Å². The molecule has 1 heterocycles. The van der Waals surface area contributed by atoms with Gasteiger partial charge in [0.15, 0.2) is 5.82 Å². The number of nitrogens with zero attached hydrogens (tertiary/aromatic N) is 2. The van der Waals surface area contributed by atoms with Crippen LogP contribution in [0.4, 0.5) is 0 Å². The highest BCUT2D eigenvalue weighted by Crippen LogP contribution is 2.02. The second-order valence-electron chi connectivity index (χ2n) is 3.53. The summed E-state index contributed by atoms with van der Waals surface area (Å²) < 4.78 is 10.2. The van der Waals surface area contributed by atoms with Crippen molar-refractivity contribution in [3.63, 3.8) is 0 Å². The monoisotopic (exact) mass is 213 g/mol. The molecule has 5 heteroatoms. The Labute approximate surface area is 90.2 Å². The Balaban J connectivity index is 2.35. The zero-order valence-corrected chi connectivity index (χ0v) is 9.62. The van der Waals surface area contributed by atoms with Crippen molar-refractivity contribution in [2.75, 3.05) is 13.7 Å². The molecule has 0 aliphatic heterocycles. The minimum atomic E-state index is 0.124. The summed E-state index contributed by atoms with van der Waals surface area (Å²) in [5.74, 6) is 1.35. The first kappa shape index (κ1) is 12.1. The van der Waals surface area contributed by atoms with Gasteiger partial charge < -0.3 is 14.6 Å². The van der Waals surface area contributed by atoms with Crippen LogP contribution in [0.2, 0.25) is 0 Å². The third-order valence-electron chi connectivity index (χ3n) is 2.09. The normalized spacial score (nSPS) is 13.0. The molecular formula is C10H19N3O2. The van der Waals surface area contributed by atoms with Gasteiger partial charge in [-0.3, -0.25) is 0 Å². The Morgan fingerprint density at radius 1 is 1.53 bits per heavy atom. The first-order valence-corrected chi connectivity index (χ1v) is 5.31. The van der Waals surface area contributed by atoms with E-state index in [9.17, 15) is 0 Å². The molecule has 0 fully saturated rings. The highest BCUT2D eigenvalue weighted by Gasteiger charge is 2.09. The molecule has 0 spiro atoms. The summed E-state index contributed by atoms with van der Waals surface area (Å²) in [6.07, 6.45) is 1.91. The van der Waals surface area contributed by atoms with E-state index >= 15 is 0 Å². The van der Waals surface area contributed by atoms with Crippen LogP contribution >= 0.6 is 0 Å². The summed E-state index contributed by atoms with van der Waals surface area (Å²) in [5.41, 5.74) is 0. The van der Waals surface area contributed by atoms with Crippen molar-refractivity contribution in [3.05, 3.63) is 11.7 Å². The standard InChI is InChI=1S/C10H19N3O2/c1-4-5-11-7-10-12-9(13-15-10)6-8(2)14-3/h8,11H,4-7H2,1-3H3. The molecule has 0 aliphatic rings. The van der Waals surface area contributed by atoms with Crippen molar-refractivity contribution in [2.24, 2.45) is 0 Å². The zero-order valence-electron chi connectivity index (χ0n) is 9.62. The van der Waals surface area contributed by atoms with Gasteiger partial charge in [0.05, 0.1) is 12.6 Å². The average molecular weight is 213 g/mol. The zero-order chi connectivity index (χ0) is 11.1. The highest BCUT2D eigenvalue weighted by molar-refractivity contribution is 4.87. The number of hydrogen-bond acceptors (Lipinski definition) is 5. The van der Waals surface area contributed by atoms with Crippen molar-refractivity contribution in [2.45, 2.75) is 39.3 Å². The first-order chi connectivity index (χ1) is 7.26. The van der Waals surface area contributed by atoms with E-state index in [-0.39, 0.29) is 6.10 Å². The number of methoxy groups -OCH3 is 1. The van der Waals surface area contributed by atoms with Gasteiger partial charge >= 0.3 is 0 Å². The molecule has 1 atom stereocenters. The minimum absolute atomic E-state index is 0.124. The van der Waals surface area contributed by atoms with Gasteiger partial charge in [0, 0.05) is 13.5 Å². The fraction of sp³-hybridized carbons (Fsp3) is 0.800. The van der Waals surface area contributed by atoms with Crippen LogP contribution < -0.4 is 5.32 Å². The lowest BCUT2D eigenvalue weighted by atomic mass is 10.3. The van der Waals surface area contributed by atoms with E-state index in [1.54, 1.807) is 7.11 Å². The lowest BCUT2D eigenvalue weighted by Gasteiger charge is -2.03. The quantitative estimate of drug-likeness (QED) is 0.688. The van der Waals surface area contributed by atoms with Gasteiger partial charge in [-0.2, -0.15) is 4.98 Å². The maximum absolute atomic E-state index is 5.12. The molecule has 0 aromatic carbocycles. The fourth-order valence-electron chi connectivity index (χ4n) is 1.16. The molecule has 1 aromatic rings. The Morgan fingerprint density at radius 2 is 2.33 bits per heavy atom. The van der Waals surface area contributed by atoms with Crippen molar-refractivity contribution in [3.8, 4) is 0 Å². The van der Waals surface area contributed by atoms with Crippen molar-refractivity contribution in [1.82, 2.24) is 15.5 Å². The molecule has 1 unspecified atom stereocenters. The molecule has 1 N–H and O–H groups in total. The summed E-state index contributed by atoms with van der Waals surface area (Å²) in [5, 5.41) is 7.08. The average Bonchev–Trinajstić information content (AvgIpc) is 2.66. The predicted molar refractivity (Wildman–Crippen MR) is 56.5 cm³/mol. The predicted octanol–water partition coefficient (Wildman–Crippen LogP) is 1.15. The van der Waals surface area contributed by atoms with Gasteiger partial charge in [-0.05, 0) is 19.9 Å². The van der Waals surface area contributed by atoms with Gasteiger partial charge in [-0.1, -0.05) is 12.1 Å². The smallest absolute Gasteiger partial charge is 0.240 e. The molecule has 0 saturated carbocycles. The van der Waals surface area contributed by atoms with Crippen LogP contribution in [-0.4, -0.2) is 29.9 Å². The Hall–Kier alpha value is -0.940. The van der Waals surface area contributed by atoms with Gasteiger partial charge in [0.2, 0.25) is 5.89 Å². The Bertz CT molecular complexity index is 275. The summed E-state index contributed by atoms with van der Waals surface area (Å²) in [4.78, 5) is 4.25. The Morgan fingerprint density at radius 3 is 3.00 bits per heavy atom. The SMILES string of the molecule is CCCNCc1nc(CC(C)OC)no1. The second kappa shape index (κ2) is 6.53. The number of rotatable bonds is 7. The molecule has 0 amide bonds. The van der Waals surface area contributed by atoms with Gasteiger partial charge in [0.25, 0.3) is 0 Å². The van der Waals surface area contributed by atoms with E-state index in [0.717, 1.165) is 13.0 Å². The molecule has 86 valence electrons. The van der Waals surface area contributed by atoms with E-state index in [0.29, 0.717) is 24.7 Å². The summed E-state index contributed by atoms with van der Waals surface area (Å²) >= 11 is 0. The number of nitrogens with one attached hydrogen (secondary N) is 1. The van der Waals surface area contributed by atoms with Crippen LogP contribution in [0.1, 0.15) is 32.0 Å². The lowest BCUT2D eigenvalue weighted by molar-refractivity contribution is 0.116. The van der Waals surface area contributed by atoms with E-state index in [2.05, 4.69) is 22.4 Å². The molecule has 0 saturated heterocycles. The molecule has 5 nitrogen and oxygen atoms in total. The van der Waals surface area contributed by atoms with Crippen LogP contribution in [0.5, 0.6) is 0 Å². The maximum atomic E-state index is 5.12. The third kappa shape index (κ3) is 4.40. The molecule has 1 rings (SSSR count). The summed E-state index contributed by atoms with van der Waals surface area (Å²) in [6.45, 7) is 5.70. The molecule has 15 heavy (non-hydrogen) atoms. The minimum Gasteiger partial charge on any atom is -0.381 e. The lowest BCUT2D eigenvalue weighted by Crippen LogP contribution is -2.14. The van der Waals surface area contributed by atoms with E-state index in [4.69, 9.17) is 9.26 Å². The number of aromatic nitrogens is 2. The highest BCUT2D eigenvalue weighted by atomic mass is 16.5. The van der Waals surface area contributed by atoms with Crippen LogP contribution in [0, 0.1) is 0 Å². The summed E-state index contributed by atoms with van der Waals surface area (Å²) in [6, 6.07) is 0. The van der Waals surface area contributed by atoms with Crippen LogP contribution in [0.25, 0.3) is 0 Å². The van der Waals surface area contributed by atoms with Crippen molar-refractivity contribution in [1.29, 1.82) is 0 Å². The Kier molecular flexibility index (Phi) is 5.28. The molecule has 0 aliphatic carbocycles. The maximum Gasteiger partial charge on any atom is 0.240 e. The fourth-order valence-corrected chi connectivity index (χ4v) is 1.16. The van der Waals surface area contributed by atoms with Gasteiger partial charge in [-0.25, -0.2) is 0 Å². The van der Waals surface area contributed by atoms with Gasteiger partial charge in [-0.15, -0.1) is 0 Å². The second-order valence-corrected chi connectivity index (χ2v) is 3.53. The van der Waals surface area contributed by atoms with E-state index < -0.39 is 0 Å². The van der Waals surface area contributed by atoms with E-state index in [1.165, 1.54) is 0 Å². The topological polar surface area (TPSA) is 60.2 Å². The summed E-state index contributed by atoms with van der Waals surface area (Å²) in [7, 11) is 1.68.